The maximum Gasteiger partial charge on any atom is 0.262 e. The molecule has 1 aliphatic rings. The summed E-state index contributed by atoms with van der Waals surface area (Å²) in [5.41, 5.74) is 2.64. The maximum absolute atomic E-state index is 2.38. The van der Waals surface area contributed by atoms with Gasteiger partial charge < -0.3 is 28.9 Å². The molecular formula is C23H29IN2S2. The Morgan fingerprint density at radius 2 is 1.71 bits per heavy atom. The van der Waals surface area contributed by atoms with Crippen LogP contribution in [0.1, 0.15) is 33.7 Å². The molecule has 0 aliphatic carbocycles. The standard InChI is InChI=1S/C21H21N2S2.2CH4.HI/c1-3-22-16-10-5-7-12-18(16)24-20(22)14-9-15-21-23(4-2)17-11-6-8-13-19(17)25-21;;;/h5-15H,3-4H2,1-2H3;2*1H4;1H/q+1;;;/p-1. The summed E-state index contributed by atoms with van der Waals surface area (Å²) in [5.74, 6) is 0. The van der Waals surface area contributed by atoms with Gasteiger partial charge in [-0.3, -0.25) is 0 Å². The Kier molecular flexibility index (Phi) is 9.74. The first-order chi connectivity index (χ1) is 12.3. The SMILES string of the molecule is C.C.CCN1C(=CC=Cc2sc3ccccc3[n+]2CC)Sc2ccccc21.[I-]. The number of aromatic nitrogens is 1. The van der Waals surface area contributed by atoms with Crippen molar-refractivity contribution in [1.82, 2.24) is 0 Å². The molecule has 0 spiro atoms. The van der Waals surface area contributed by atoms with Gasteiger partial charge in [0.2, 0.25) is 5.52 Å². The van der Waals surface area contributed by atoms with Gasteiger partial charge in [0.25, 0.3) is 5.01 Å². The van der Waals surface area contributed by atoms with Crippen LogP contribution in [0.4, 0.5) is 5.69 Å². The predicted octanol–water partition coefficient (Wildman–Crippen LogP) is 3.97. The van der Waals surface area contributed by atoms with Gasteiger partial charge in [0.05, 0.1) is 10.7 Å². The highest BCUT2D eigenvalue weighted by Crippen LogP contribution is 2.45. The average Bonchev–Trinajstić information content (AvgIpc) is 3.18. The molecule has 0 amide bonds. The monoisotopic (exact) mass is 524 g/mol. The van der Waals surface area contributed by atoms with Crippen LogP contribution in [0.15, 0.2) is 70.6 Å². The van der Waals surface area contributed by atoms with E-state index in [1.165, 1.54) is 30.8 Å². The van der Waals surface area contributed by atoms with Gasteiger partial charge in [-0.15, -0.1) is 0 Å². The number of hydrogen-bond acceptors (Lipinski definition) is 3. The highest BCUT2D eigenvalue weighted by molar-refractivity contribution is 8.03. The number of thioether (sulfide) groups is 1. The number of hydrogen-bond donors (Lipinski definition) is 0. The summed E-state index contributed by atoms with van der Waals surface area (Å²) >= 11 is 3.70. The van der Waals surface area contributed by atoms with Crippen LogP contribution in [0.3, 0.4) is 0 Å². The molecule has 2 nitrogen and oxygen atoms in total. The molecule has 0 N–H and O–H groups in total. The molecule has 1 aromatic heterocycles. The van der Waals surface area contributed by atoms with Crippen LogP contribution >= 0.6 is 23.1 Å². The molecule has 0 saturated heterocycles. The number of allylic oxidation sites excluding steroid dienone is 2. The molecule has 0 fully saturated rings. The minimum atomic E-state index is 0. The zero-order valence-electron chi connectivity index (χ0n) is 14.9. The molecule has 0 radical (unpaired) electrons. The lowest BCUT2D eigenvalue weighted by atomic mass is 10.3. The summed E-state index contributed by atoms with van der Waals surface area (Å²) in [4.78, 5) is 3.72. The van der Waals surface area contributed by atoms with Gasteiger partial charge in [0.1, 0.15) is 11.2 Å². The van der Waals surface area contributed by atoms with Gasteiger partial charge >= 0.3 is 0 Å². The van der Waals surface area contributed by atoms with Gasteiger partial charge in [0, 0.05) is 23.6 Å². The number of benzene rings is 2. The minimum absolute atomic E-state index is 0. The van der Waals surface area contributed by atoms with Crippen LogP contribution in [-0.4, -0.2) is 6.54 Å². The van der Waals surface area contributed by atoms with E-state index in [9.17, 15) is 0 Å². The van der Waals surface area contributed by atoms with Crippen LogP contribution in [0.25, 0.3) is 16.3 Å². The lowest BCUT2D eigenvalue weighted by molar-refractivity contribution is -0.665. The molecule has 0 bridgehead atoms. The quantitative estimate of drug-likeness (QED) is 0.377. The third kappa shape index (κ3) is 4.63. The summed E-state index contributed by atoms with van der Waals surface area (Å²) in [5, 5.41) is 2.59. The van der Waals surface area contributed by atoms with E-state index >= 15 is 0 Å². The van der Waals surface area contributed by atoms with Crippen molar-refractivity contribution in [1.29, 1.82) is 0 Å². The molecule has 1 aliphatic heterocycles. The Bertz CT molecular complexity index is 976. The molecule has 28 heavy (non-hydrogen) atoms. The minimum Gasteiger partial charge on any atom is -1.00 e. The van der Waals surface area contributed by atoms with E-state index in [1.54, 1.807) is 0 Å². The van der Waals surface area contributed by atoms with E-state index in [4.69, 9.17) is 0 Å². The van der Waals surface area contributed by atoms with Crippen molar-refractivity contribution in [3.8, 4) is 0 Å². The molecule has 0 atom stereocenters. The Labute approximate surface area is 195 Å². The second kappa shape index (κ2) is 11.0. The van der Waals surface area contributed by atoms with Crippen molar-refractivity contribution in [3.63, 3.8) is 0 Å². The summed E-state index contributed by atoms with van der Waals surface area (Å²) in [6, 6.07) is 17.2. The van der Waals surface area contributed by atoms with Crippen LogP contribution in [0.2, 0.25) is 0 Å². The number of aryl methyl sites for hydroxylation is 1. The number of fused-ring (bicyclic) bond motifs is 2. The van der Waals surface area contributed by atoms with E-state index < -0.39 is 0 Å². The first kappa shape index (κ1) is 24.7. The number of thiazole rings is 1. The van der Waals surface area contributed by atoms with Gasteiger partial charge in [0.15, 0.2) is 0 Å². The molecule has 0 saturated carbocycles. The third-order valence-corrected chi connectivity index (χ3v) is 6.64. The van der Waals surface area contributed by atoms with Crippen LogP contribution in [-0.2, 0) is 6.54 Å². The van der Waals surface area contributed by atoms with E-state index in [2.05, 4.69) is 90.1 Å². The fraction of sp³-hybridized carbons (Fsp3) is 0.261. The lowest BCUT2D eigenvalue weighted by Gasteiger charge is -2.17. The van der Waals surface area contributed by atoms with E-state index in [0.29, 0.717) is 0 Å². The second-order valence-electron chi connectivity index (χ2n) is 5.83. The van der Waals surface area contributed by atoms with Crippen molar-refractivity contribution in [2.75, 3.05) is 11.4 Å². The highest BCUT2D eigenvalue weighted by Gasteiger charge is 2.22. The lowest BCUT2D eigenvalue weighted by Crippen LogP contribution is -3.00. The molecule has 0 unspecified atom stereocenters. The van der Waals surface area contributed by atoms with E-state index in [1.807, 2.05) is 23.1 Å². The first-order valence-corrected chi connectivity index (χ1v) is 10.3. The normalized spacial score (nSPS) is 13.9. The smallest absolute Gasteiger partial charge is 0.262 e. The van der Waals surface area contributed by atoms with Gasteiger partial charge in [-0.1, -0.05) is 68.3 Å². The Balaban J connectivity index is 0.00000131. The summed E-state index contributed by atoms with van der Waals surface area (Å²) in [6.45, 7) is 6.39. The third-order valence-electron chi connectivity index (χ3n) is 4.38. The molecule has 2 heterocycles. The average molecular weight is 525 g/mol. The fourth-order valence-corrected chi connectivity index (χ4v) is 5.50. The van der Waals surface area contributed by atoms with E-state index in [-0.39, 0.29) is 38.8 Å². The second-order valence-corrected chi connectivity index (χ2v) is 7.95. The summed E-state index contributed by atoms with van der Waals surface area (Å²) in [7, 11) is 0. The van der Waals surface area contributed by atoms with Crippen molar-refractivity contribution < 1.29 is 28.5 Å². The van der Waals surface area contributed by atoms with Crippen LogP contribution in [0, 0.1) is 0 Å². The highest BCUT2D eigenvalue weighted by atomic mass is 127. The Morgan fingerprint density at radius 3 is 2.46 bits per heavy atom. The summed E-state index contributed by atoms with van der Waals surface area (Å²) < 4.78 is 3.72. The molecule has 2 aromatic carbocycles. The largest absolute Gasteiger partial charge is 1.00 e. The first-order valence-electron chi connectivity index (χ1n) is 8.66. The maximum atomic E-state index is 2.38. The van der Waals surface area contributed by atoms with Gasteiger partial charge in [-0.05, 0) is 38.1 Å². The number of para-hydroxylation sites is 2. The molecule has 150 valence electrons. The van der Waals surface area contributed by atoms with Crippen molar-refractivity contribution in [2.45, 2.75) is 40.1 Å². The zero-order chi connectivity index (χ0) is 17.2. The van der Waals surface area contributed by atoms with Gasteiger partial charge in [-0.2, -0.15) is 4.57 Å². The fourth-order valence-electron chi connectivity index (χ4n) is 3.22. The molecule has 4 rings (SSSR count). The van der Waals surface area contributed by atoms with Crippen LogP contribution < -0.4 is 33.4 Å². The number of rotatable bonds is 4. The van der Waals surface area contributed by atoms with E-state index in [0.717, 1.165) is 13.1 Å². The zero-order valence-corrected chi connectivity index (χ0v) is 18.6. The molecule has 3 aromatic rings. The Morgan fingerprint density at radius 1 is 1.00 bits per heavy atom. The van der Waals surface area contributed by atoms with Crippen molar-refractivity contribution in [3.05, 3.63) is 70.7 Å². The van der Waals surface area contributed by atoms with Crippen molar-refractivity contribution in [2.24, 2.45) is 0 Å². The topological polar surface area (TPSA) is 7.12 Å². The number of anilines is 1. The predicted molar refractivity (Wildman–Crippen MR) is 124 cm³/mol. The molecule has 5 heteroatoms. The Hall–Kier alpha value is -1.31. The van der Waals surface area contributed by atoms with Gasteiger partial charge in [-0.25, -0.2) is 0 Å². The number of nitrogens with zero attached hydrogens (tertiary/aromatic N) is 2. The van der Waals surface area contributed by atoms with Crippen LogP contribution in [0.5, 0.6) is 0 Å². The van der Waals surface area contributed by atoms with Crippen molar-refractivity contribution >= 4 is 45.1 Å². The molecular weight excluding hydrogens is 495 g/mol. The number of halogens is 1. The summed E-state index contributed by atoms with van der Waals surface area (Å²) in [6.07, 6.45) is 6.66.